The van der Waals surface area contributed by atoms with Gasteiger partial charge in [-0.3, -0.25) is 4.79 Å². The van der Waals surface area contributed by atoms with Crippen molar-refractivity contribution < 1.29 is 27.5 Å². The first kappa shape index (κ1) is 19.5. The lowest BCUT2D eigenvalue weighted by Crippen LogP contribution is -2.34. The van der Waals surface area contributed by atoms with E-state index in [0.717, 1.165) is 0 Å². The van der Waals surface area contributed by atoms with E-state index in [1.54, 1.807) is 32.0 Å². The summed E-state index contributed by atoms with van der Waals surface area (Å²) in [6.45, 7) is 3.44. The molecule has 1 amide bonds. The first-order valence-corrected chi connectivity index (χ1v) is 8.77. The van der Waals surface area contributed by atoms with Crippen molar-refractivity contribution in [2.45, 2.75) is 20.4 Å². The van der Waals surface area contributed by atoms with Gasteiger partial charge in [-0.1, -0.05) is 24.3 Å². The number of para-hydroxylation sites is 1. The van der Waals surface area contributed by atoms with Crippen molar-refractivity contribution in [3.05, 3.63) is 71.0 Å². The number of likely N-dealkylation sites (N-methyl/N-ethyl adjacent to an activating group) is 1. The van der Waals surface area contributed by atoms with Crippen molar-refractivity contribution in [1.82, 2.24) is 4.90 Å². The smallest absolute Gasteiger partial charge is 0.375 e. The van der Waals surface area contributed by atoms with Gasteiger partial charge in [0.25, 0.3) is 5.91 Å². The number of hydrogen-bond donors (Lipinski definition) is 0. The van der Waals surface area contributed by atoms with E-state index >= 15 is 0 Å². The fourth-order valence-corrected chi connectivity index (χ4v) is 2.92. The summed E-state index contributed by atoms with van der Waals surface area (Å²) in [5.41, 5.74) is 1.05. The Morgan fingerprint density at radius 2 is 1.89 bits per heavy atom. The number of amides is 1. The van der Waals surface area contributed by atoms with Gasteiger partial charge in [0.1, 0.15) is 5.82 Å². The predicted molar refractivity (Wildman–Crippen MR) is 98.7 cm³/mol. The van der Waals surface area contributed by atoms with Crippen molar-refractivity contribution in [2.75, 3.05) is 13.2 Å². The van der Waals surface area contributed by atoms with E-state index in [0.29, 0.717) is 23.1 Å². The lowest BCUT2D eigenvalue weighted by atomic mass is 10.1. The molecular weight excluding hydrogens is 368 g/mol. The molecule has 1 aromatic heterocycles. The zero-order valence-corrected chi connectivity index (χ0v) is 15.5. The van der Waals surface area contributed by atoms with Crippen LogP contribution in [0, 0.1) is 18.6 Å². The summed E-state index contributed by atoms with van der Waals surface area (Å²) in [5.74, 6) is -2.38. The molecule has 0 radical (unpaired) electrons. The van der Waals surface area contributed by atoms with Crippen molar-refractivity contribution >= 4 is 22.8 Å². The maximum atomic E-state index is 13.8. The quantitative estimate of drug-likeness (QED) is 0.594. The van der Waals surface area contributed by atoms with Gasteiger partial charge in [0.15, 0.2) is 18.0 Å². The number of carbonyl (C=O) groups excluding carboxylic acids is 2. The van der Waals surface area contributed by atoms with Crippen molar-refractivity contribution in [3.63, 3.8) is 0 Å². The normalized spacial score (nSPS) is 10.9. The second-order valence-electron chi connectivity index (χ2n) is 6.29. The number of furan rings is 1. The largest absolute Gasteiger partial charge is 0.450 e. The Balaban J connectivity index is 1.67. The molecule has 0 spiro atoms. The second-order valence-corrected chi connectivity index (χ2v) is 6.29. The van der Waals surface area contributed by atoms with E-state index in [2.05, 4.69) is 0 Å². The first-order valence-electron chi connectivity index (χ1n) is 8.77. The molecule has 3 aromatic rings. The summed E-state index contributed by atoms with van der Waals surface area (Å²) in [6, 6.07) is 10.3. The molecule has 0 bridgehead atoms. The van der Waals surface area contributed by atoms with Crippen LogP contribution in [0.3, 0.4) is 0 Å². The lowest BCUT2D eigenvalue weighted by molar-refractivity contribution is -0.135. The molecule has 0 atom stereocenters. The van der Waals surface area contributed by atoms with E-state index in [9.17, 15) is 18.4 Å². The fourth-order valence-electron chi connectivity index (χ4n) is 2.92. The number of carbonyl (C=O) groups is 2. The molecule has 0 aliphatic rings. The molecule has 0 aliphatic carbocycles. The van der Waals surface area contributed by atoms with Crippen LogP contribution in [0.15, 0.2) is 46.9 Å². The van der Waals surface area contributed by atoms with Gasteiger partial charge in [-0.2, -0.15) is 0 Å². The Morgan fingerprint density at radius 1 is 1.14 bits per heavy atom. The molecule has 28 heavy (non-hydrogen) atoms. The molecule has 5 nitrogen and oxygen atoms in total. The number of hydrogen-bond acceptors (Lipinski definition) is 4. The summed E-state index contributed by atoms with van der Waals surface area (Å²) >= 11 is 0. The Hall–Kier alpha value is -3.22. The number of fused-ring (bicyclic) bond motifs is 1. The number of halogens is 2. The molecule has 0 unspecified atom stereocenters. The van der Waals surface area contributed by atoms with Gasteiger partial charge in [0.05, 0.1) is 0 Å². The number of rotatable bonds is 6. The maximum Gasteiger partial charge on any atom is 0.375 e. The van der Waals surface area contributed by atoms with E-state index in [4.69, 9.17) is 9.15 Å². The predicted octanol–water partition coefficient (Wildman–Crippen LogP) is 4.22. The molecule has 0 N–H and O–H groups in total. The molecule has 7 heteroatoms. The highest BCUT2D eigenvalue weighted by Crippen LogP contribution is 2.27. The van der Waals surface area contributed by atoms with Crippen LogP contribution in [-0.2, 0) is 16.1 Å². The number of benzene rings is 2. The topological polar surface area (TPSA) is 59.8 Å². The van der Waals surface area contributed by atoms with Crippen molar-refractivity contribution in [1.29, 1.82) is 0 Å². The van der Waals surface area contributed by atoms with Crippen LogP contribution in [0.5, 0.6) is 0 Å². The van der Waals surface area contributed by atoms with E-state index in [-0.39, 0.29) is 23.7 Å². The SMILES string of the molecule is CCN(Cc1cccc(F)c1)C(=O)COC(=O)c1oc2c(F)cccc2c1C. The molecule has 146 valence electrons. The molecule has 2 aromatic carbocycles. The van der Waals surface area contributed by atoms with Crippen LogP contribution in [0.4, 0.5) is 8.78 Å². The third kappa shape index (κ3) is 4.03. The number of nitrogens with zero attached hydrogens (tertiary/aromatic N) is 1. The van der Waals surface area contributed by atoms with Gasteiger partial charge in [-0.25, -0.2) is 13.6 Å². The third-order valence-electron chi connectivity index (χ3n) is 4.42. The van der Waals surface area contributed by atoms with Crippen molar-refractivity contribution in [2.24, 2.45) is 0 Å². The summed E-state index contributed by atoms with van der Waals surface area (Å²) in [4.78, 5) is 26.1. The molecule has 3 rings (SSSR count). The molecule has 0 fully saturated rings. The Morgan fingerprint density at radius 3 is 2.57 bits per heavy atom. The van der Waals surface area contributed by atoms with Crippen LogP contribution in [0.2, 0.25) is 0 Å². The molecular formula is C21H19F2NO4. The number of aryl methyl sites for hydroxylation is 1. The highest BCUT2D eigenvalue weighted by atomic mass is 19.1. The van der Waals surface area contributed by atoms with Gasteiger partial charge in [-0.15, -0.1) is 0 Å². The second kappa shape index (κ2) is 8.21. The molecule has 1 heterocycles. The number of esters is 1. The summed E-state index contributed by atoms with van der Waals surface area (Å²) < 4.78 is 37.5. The average molecular weight is 387 g/mol. The van der Waals surface area contributed by atoms with Gasteiger partial charge >= 0.3 is 5.97 Å². The molecule has 0 aliphatic heterocycles. The maximum absolute atomic E-state index is 13.8. The summed E-state index contributed by atoms with van der Waals surface area (Å²) in [7, 11) is 0. The Bertz CT molecular complexity index is 1030. The zero-order chi connectivity index (χ0) is 20.3. The highest BCUT2D eigenvalue weighted by Gasteiger charge is 2.22. The minimum absolute atomic E-state index is 0.0282. The highest BCUT2D eigenvalue weighted by molar-refractivity contribution is 5.96. The lowest BCUT2D eigenvalue weighted by Gasteiger charge is -2.20. The van der Waals surface area contributed by atoms with Crippen LogP contribution in [0.1, 0.15) is 28.6 Å². The van der Waals surface area contributed by atoms with Crippen LogP contribution < -0.4 is 0 Å². The Kier molecular flexibility index (Phi) is 5.73. The standard InChI is InChI=1S/C21H19F2NO4/c1-3-24(11-14-6-4-7-15(22)10-14)18(25)12-27-21(26)19-13(2)16-8-5-9-17(23)20(16)28-19/h4-10H,3,11-12H2,1-2H3. The summed E-state index contributed by atoms with van der Waals surface area (Å²) in [5, 5.41) is 0.472. The van der Waals surface area contributed by atoms with Gasteiger partial charge < -0.3 is 14.1 Å². The molecule has 0 saturated carbocycles. The summed E-state index contributed by atoms with van der Waals surface area (Å²) in [6.07, 6.45) is 0. The fraction of sp³-hybridized carbons (Fsp3) is 0.238. The number of ether oxygens (including phenoxy) is 1. The van der Waals surface area contributed by atoms with E-state index in [1.807, 2.05) is 0 Å². The van der Waals surface area contributed by atoms with Gasteiger partial charge in [0, 0.05) is 24.0 Å². The third-order valence-corrected chi connectivity index (χ3v) is 4.42. The monoisotopic (exact) mass is 387 g/mol. The van der Waals surface area contributed by atoms with Crippen molar-refractivity contribution in [3.8, 4) is 0 Å². The van der Waals surface area contributed by atoms with Gasteiger partial charge in [-0.05, 0) is 37.6 Å². The minimum atomic E-state index is -0.844. The van der Waals surface area contributed by atoms with E-state index < -0.39 is 24.3 Å². The Labute approximate surface area is 160 Å². The molecule has 0 saturated heterocycles. The first-order chi connectivity index (χ1) is 13.4. The van der Waals surface area contributed by atoms with Crippen LogP contribution in [-0.4, -0.2) is 29.9 Å². The van der Waals surface area contributed by atoms with Gasteiger partial charge in [0.2, 0.25) is 5.76 Å². The van der Waals surface area contributed by atoms with Crippen LogP contribution >= 0.6 is 0 Å². The minimum Gasteiger partial charge on any atom is -0.450 e. The van der Waals surface area contributed by atoms with E-state index in [1.165, 1.54) is 29.2 Å². The zero-order valence-electron chi connectivity index (χ0n) is 15.5. The van der Waals surface area contributed by atoms with Crippen LogP contribution in [0.25, 0.3) is 11.0 Å². The average Bonchev–Trinajstić information content (AvgIpc) is 3.02.